The summed E-state index contributed by atoms with van der Waals surface area (Å²) in [6, 6.07) is 5.96. The summed E-state index contributed by atoms with van der Waals surface area (Å²) in [5.41, 5.74) is 1.41. The van der Waals surface area contributed by atoms with Crippen molar-refractivity contribution in [3.05, 3.63) is 41.7 Å². The van der Waals surface area contributed by atoms with Gasteiger partial charge < -0.3 is 14.6 Å². The molecule has 1 aliphatic heterocycles. The number of aryl methyl sites for hydroxylation is 1. The lowest BCUT2D eigenvalue weighted by atomic mass is 9.94. The number of amides is 1. The van der Waals surface area contributed by atoms with Gasteiger partial charge in [0.25, 0.3) is 5.91 Å². The second kappa shape index (κ2) is 6.17. The van der Waals surface area contributed by atoms with Crippen LogP contribution in [0.15, 0.2) is 28.9 Å². The van der Waals surface area contributed by atoms with E-state index >= 15 is 0 Å². The van der Waals surface area contributed by atoms with Crippen LogP contribution in [0.25, 0.3) is 0 Å². The van der Waals surface area contributed by atoms with E-state index < -0.39 is 0 Å². The Morgan fingerprint density at radius 2 is 2.27 bits per heavy atom. The number of likely N-dealkylation sites (tertiary alicyclic amines) is 1. The number of anilines is 1. The summed E-state index contributed by atoms with van der Waals surface area (Å²) in [5, 5.41) is 3.05. The van der Waals surface area contributed by atoms with Gasteiger partial charge in [-0.1, -0.05) is 6.07 Å². The van der Waals surface area contributed by atoms with Crippen LogP contribution < -0.4 is 5.32 Å². The normalized spacial score (nSPS) is 18.3. The highest BCUT2D eigenvalue weighted by atomic mass is 16.3. The summed E-state index contributed by atoms with van der Waals surface area (Å²) in [7, 11) is 1.86. The summed E-state index contributed by atoms with van der Waals surface area (Å²) in [6.45, 7) is 3.17. The molecule has 2 aromatic heterocycles. The number of oxazole rings is 1. The maximum Gasteiger partial charge on any atom is 0.275 e. The maximum absolute atomic E-state index is 12.5. The molecule has 1 amide bonds. The molecular formula is C16H20N4O2. The van der Waals surface area contributed by atoms with Crippen molar-refractivity contribution >= 4 is 11.7 Å². The quantitative estimate of drug-likeness (QED) is 0.942. The molecule has 22 heavy (non-hydrogen) atoms. The van der Waals surface area contributed by atoms with Gasteiger partial charge in [-0.15, -0.1) is 0 Å². The number of nitrogens with one attached hydrogen (secondary N) is 1. The molecule has 0 aliphatic carbocycles. The Hall–Kier alpha value is -2.37. The van der Waals surface area contributed by atoms with E-state index in [0.29, 0.717) is 18.1 Å². The van der Waals surface area contributed by atoms with Gasteiger partial charge >= 0.3 is 0 Å². The molecular weight excluding hydrogens is 280 g/mol. The second-order valence-corrected chi connectivity index (χ2v) is 5.54. The Morgan fingerprint density at radius 1 is 1.41 bits per heavy atom. The van der Waals surface area contributed by atoms with Crippen molar-refractivity contribution in [3.63, 3.8) is 0 Å². The minimum absolute atomic E-state index is 0.0636. The lowest BCUT2D eigenvalue weighted by Gasteiger charge is -2.32. The summed E-state index contributed by atoms with van der Waals surface area (Å²) in [6.07, 6.45) is 3.45. The minimum atomic E-state index is -0.0636. The van der Waals surface area contributed by atoms with Crippen LogP contribution >= 0.6 is 0 Å². The van der Waals surface area contributed by atoms with Gasteiger partial charge in [-0.05, 0) is 25.0 Å². The van der Waals surface area contributed by atoms with Crippen molar-refractivity contribution < 1.29 is 9.21 Å². The van der Waals surface area contributed by atoms with Crippen LogP contribution in [-0.4, -0.2) is 40.9 Å². The lowest BCUT2D eigenvalue weighted by Crippen LogP contribution is -2.39. The number of pyridine rings is 1. The summed E-state index contributed by atoms with van der Waals surface area (Å²) in [5.74, 6) is 1.57. The van der Waals surface area contributed by atoms with E-state index in [1.54, 1.807) is 6.92 Å². The molecule has 0 unspecified atom stereocenters. The van der Waals surface area contributed by atoms with Crippen LogP contribution in [0.5, 0.6) is 0 Å². The molecule has 6 heteroatoms. The van der Waals surface area contributed by atoms with Crippen molar-refractivity contribution in [1.82, 2.24) is 14.9 Å². The van der Waals surface area contributed by atoms with Gasteiger partial charge in [0.1, 0.15) is 12.1 Å². The van der Waals surface area contributed by atoms with E-state index in [1.165, 1.54) is 6.26 Å². The summed E-state index contributed by atoms with van der Waals surface area (Å²) < 4.78 is 5.14. The fraction of sp³-hybridized carbons (Fsp3) is 0.438. The number of carbonyl (C=O) groups is 1. The van der Waals surface area contributed by atoms with Gasteiger partial charge in [0, 0.05) is 38.7 Å². The largest absolute Gasteiger partial charge is 0.448 e. The minimum Gasteiger partial charge on any atom is -0.448 e. The topological polar surface area (TPSA) is 71.3 Å². The summed E-state index contributed by atoms with van der Waals surface area (Å²) in [4.78, 5) is 23.1. The van der Waals surface area contributed by atoms with Gasteiger partial charge in [-0.2, -0.15) is 0 Å². The molecule has 1 atom stereocenters. The standard InChI is InChI=1S/C16H20N4O2/c1-11-18-14(10-22-11)16(21)20-8-4-5-12(9-20)13-6-3-7-15(17-2)19-13/h3,6-7,10,12H,4-5,8-9H2,1-2H3,(H,17,19)/t12-/m0/s1. The van der Waals surface area contributed by atoms with Crippen molar-refractivity contribution in [2.45, 2.75) is 25.7 Å². The molecule has 3 heterocycles. The van der Waals surface area contributed by atoms with Crippen LogP contribution in [0.1, 0.15) is 40.8 Å². The highest BCUT2D eigenvalue weighted by Gasteiger charge is 2.27. The zero-order valence-electron chi connectivity index (χ0n) is 12.9. The maximum atomic E-state index is 12.5. The molecule has 1 saturated heterocycles. The van der Waals surface area contributed by atoms with Crippen molar-refractivity contribution in [2.75, 3.05) is 25.5 Å². The van der Waals surface area contributed by atoms with Crippen molar-refractivity contribution in [2.24, 2.45) is 0 Å². The molecule has 3 rings (SSSR count). The molecule has 0 bridgehead atoms. The number of hydrogen-bond acceptors (Lipinski definition) is 5. The number of aromatic nitrogens is 2. The Morgan fingerprint density at radius 3 is 3.00 bits per heavy atom. The smallest absolute Gasteiger partial charge is 0.275 e. The average molecular weight is 300 g/mol. The van der Waals surface area contributed by atoms with Crippen molar-refractivity contribution in [1.29, 1.82) is 0 Å². The second-order valence-electron chi connectivity index (χ2n) is 5.54. The predicted octanol–water partition coefficient (Wildman–Crippen LogP) is 2.44. The van der Waals surface area contributed by atoms with Crippen LogP contribution in [0.3, 0.4) is 0 Å². The fourth-order valence-corrected chi connectivity index (χ4v) is 2.84. The lowest BCUT2D eigenvalue weighted by molar-refractivity contribution is 0.0700. The number of hydrogen-bond donors (Lipinski definition) is 1. The van der Waals surface area contributed by atoms with E-state index in [1.807, 2.05) is 30.1 Å². The third kappa shape index (κ3) is 2.95. The average Bonchev–Trinajstić information content (AvgIpc) is 3.01. The Balaban J connectivity index is 1.75. The van der Waals surface area contributed by atoms with E-state index in [9.17, 15) is 4.79 Å². The molecule has 1 fully saturated rings. The van der Waals surface area contributed by atoms with Crippen LogP contribution in [0.4, 0.5) is 5.82 Å². The molecule has 1 aliphatic rings. The summed E-state index contributed by atoms with van der Waals surface area (Å²) >= 11 is 0. The number of rotatable bonds is 3. The fourth-order valence-electron chi connectivity index (χ4n) is 2.84. The SMILES string of the molecule is CNc1cccc([C@H]2CCCN(C(=O)c3coc(C)n3)C2)n1. The van der Waals surface area contributed by atoms with Gasteiger partial charge in [0.05, 0.1) is 0 Å². The first-order valence-electron chi connectivity index (χ1n) is 7.53. The highest BCUT2D eigenvalue weighted by Crippen LogP contribution is 2.27. The Kier molecular flexibility index (Phi) is 4.09. The van der Waals surface area contributed by atoms with Crippen molar-refractivity contribution in [3.8, 4) is 0 Å². The van der Waals surface area contributed by atoms with E-state index in [4.69, 9.17) is 4.42 Å². The van der Waals surface area contributed by atoms with Gasteiger partial charge in [0.2, 0.25) is 0 Å². The van der Waals surface area contributed by atoms with Crippen LogP contribution in [0.2, 0.25) is 0 Å². The van der Waals surface area contributed by atoms with E-state index in [-0.39, 0.29) is 11.8 Å². The number of piperidine rings is 1. The monoisotopic (exact) mass is 300 g/mol. The van der Waals surface area contributed by atoms with Gasteiger partial charge in [0.15, 0.2) is 11.6 Å². The highest BCUT2D eigenvalue weighted by molar-refractivity contribution is 5.92. The first kappa shape index (κ1) is 14.6. The zero-order chi connectivity index (χ0) is 15.5. The molecule has 0 radical (unpaired) electrons. The zero-order valence-corrected chi connectivity index (χ0v) is 12.9. The van der Waals surface area contributed by atoms with E-state index in [0.717, 1.165) is 30.9 Å². The number of nitrogens with zero attached hydrogens (tertiary/aromatic N) is 3. The van der Waals surface area contributed by atoms with E-state index in [2.05, 4.69) is 15.3 Å². The first-order chi connectivity index (χ1) is 10.7. The Bertz CT molecular complexity index is 668. The van der Waals surface area contributed by atoms with Gasteiger partial charge in [-0.25, -0.2) is 9.97 Å². The molecule has 1 N–H and O–H groups in total. The first-order valence-corrected chi connectivity index (χ1v) is 7.53. The molecule has 2 aromatic rings. The molecule has 0 aromatic carbocycles. The predicted molar refractivity (Wildman–Crippen MR) is 82.9 cm³/mol. The molecule has 6 nitrogen and oxygen atoms in total. The third-order valence-corrected chi connectivity index (χ3v) is 3.99. The number of carbonyl (C=O) groups excluding carboxylic acids is 1. The molecule has 0 spiro atoms. The third-order valence-electron chi connectivity index (χ3n) is 3.99. The molecule has 116 valence electrons. The molecule has 0 saturated carbocycles. The Labute approximate surface area is 129 Å². The van der Waals surface area contributed by atoms with Crippen LogP contribution in [-0.2, 0) is 0 Å². The van der Waals surface area contributed by atoms with Crippen LogP contribution in [0, 0.1) is 6.92 Å². The van der Waals surface area contributed by atoms with Gasteiger partial charge in [-0.3, -0.25) is 4.79 Å².